The Hall–Kier alpha value is 0.924. The first kappa shape index (κ1) is 24.9. The summed E-state index contributed by atoms with van der Waals surface area (Å²) in [5, 5.41) is 0. The van der Waals surface area contributed by atoms with Crippen LogP contribution in [0.4, 0.5) is 0 Å². The third-order valence-corrected chi connectivity index (χ3v) is 21.2. The van der Waals surface area contributed by atoms with E-state index in [9.17, 15) is 4.80 Å². The molecule has 0 rings (SSSR count). The van der Waals surface area contributed by atoms with Crippen LogP contribution in [-0.4, -0.2) is 52.7 Å². The Labute approximate surface area is 156 Å². The highest BCUT2D eigenvalue weighted by atomic mass is 28.5. The zero-order chi connectivity index (χ0) is 19.6. The van der Waals surface area contributed by atoms with E-state index in [1.807, 2.05) is 13.1 Å². The van der Waals surface area contributed by atoms with Crippen LogP contribution in [0.5, 0.6) is 0 Å². The van der Waals surface area contributed by atoms with Crippen LogP contribution in [0.1, 0.15) is 6.42 Å². The van der Waals surface area contributed by atoms with Crippen molar-refractivity contribution in [3.8, 4) is 0 Å². The van der Waals surface area contributed by atoms with E-state index in [4.69, 9.17) is 8.23 Å². The van der Waals surface area contributed by atoms with Crippen LogP contribution >= 0.6 is 0 Å². The highest BCUT2D eigenvalue weighted by Crippen LogP contribution is 2.25. The molecule has 0 aliphatic carbocycles. The predicted molar refractivity (Wildman–Crippen MR) is 117 cm³/mol. The molecule has 9 heteroatoms. The zero-order valence-electron chi connectivity index (χ0n) is 18.3. The average molecular weight is 425 g/mol. The Kier molecular flexibility index (Phi) is 8.62. The minimum atomic E-state index is -2.78. The molecule has 0 unspecified atom stereocenters. The van der Waals surface area contributed by atoms with Gasteiger partial charge in [0.2, 0.25) is 0 Å². The molecule has 0 aliphatic rings. The molecule has 4 nitrogen and oxygen atoms in total. The molecule has 0 bridgehead atoms. The van der Waals surface area contributed by atoms with Gasteiger partial charge in [0, 0.05) is 0 Å². The lowest BCUT2D eigenvalue weighted by molar-refractivity contribution is -0.228. The lowest BCUT2D eigenvalue weighted by atomic mass is 10.5. The van der Waals surface area contributed by atoms with Gasteiger partial charge in [-0.1, -0.05) is 52.4 Å². The maximum atomic E-state index is 12.0. The van der Waals surface area contributed by atoms with Crippen molar-refractivity contribution in [1.82, 2.24) is 4.23 Å². The van der Waals surface area contributed by atoms with Gasteiger partial charge >= 0.3 is 8.56 Å². The summed E-state index contributed by atoms with van der Waals surface area (Å²) in [5.41, 5.74) is 0. The fourth-order valence-electron chi connectivity index (χ4n) is 3.67. The van der Waals surface area contributed by atoms with Crippen molar-refractivity contribution in [2.24, 2.45) is 0 Å². The summed E-state index contributed by atoms with van der Waals surface area (Å²) in [6.07, 6.45) is 1.19. The molecule has 24 heavy (non-hydrogen) atoms. The largest absolute Gasteiger partial charge is 0.839 e. The van der Waals surface area contributed by atoms with Crippen LogP contribution in [0.3, 0.4) is 0 Å². The van der Waals surface area contributed by atoms with E-state index in [2.05, 4.69) is 56.6 Å². The van der Waals surface area contributed by atoms with Gasteiger partial charge in [-0.2, -0.15) is 0 Å². The summed E-state index contributed by atoms with van der Waals surface area (Å²) >= 11 is 0. The standard InChI is InChI=1S/C15H42NO3Si5/c1-20(2,3)16(21(4,5)6)14-13-15-22(7,8)18-24(11,12)19-23(9,10)17/h13-15H2,1-12H3/q-1. The molecule has 146 valence electrons. The first-order valence-corrected chi connectivity index (χ1v) is 24.8. The summed E-state index contributed by atoms with van der Waals surface area (Å²) < 4.78 is 15.1. The highest BCUT2D eigenvalue weighted by molar-refractivity contribution is 6.89. The van der Waals surface area contributed by atoms with E-state index >= 15 is 0 Å². The van der Waals surface area contributed by atoms with Gasteiger partial charge in [0.25, 0.3) is 0 Å². The Bertz CT molecular complexity index is 383. The van der Waals surface area contributed by atoms with Crippen molar-refractivity contribution < 1.29 is 13.0 Å². The molecule has 0 spiro atoms. The molecular weight excluding hydrogens is 383 g/mol. The van der Waals surface area contributed by atoms with Crippen molar-refractivity contribution in [3.05, 3.63) is 0 Å². The first-order valence-electron chi connectivity index (χ1n) is 9.14. The van der Waals surface area contributed by atoms with Gasteiger partial charge in [0.15, 0.2) is 8.32 Å². The van der Waals surface area contributed by atoms with Gasteiger partial charge in [-0.25, -0.2) is 0 Å². The van der Waals surface area contributed by atoms with Crippen LogP contribution in [-0.2, 0) is 8.23 Å². The van der Waals surface area contributed by atoms with Crippen LogP contribution in [0.2, 0.25) is 84.6 Å². The van der Waals surface area contributed by atoms with Crippen LogP contribution in [0.15, 0.2) is 0 Å². The molecule has 0 saturated carbocycles. The molecule has 0 fully saturated rings. The molecule has 0 atom stereocenters. The van der Waals surface area contributed by atoms with Gasteiger partial charge in [-0.15, -0.1) is 0 Å². The summed E-state index contributed by atoms with van der Waals surface area (Å²) in [4.78, 5) is 12.0. The van der Waals surface area contributed by atoms with Gasteiger partial charge in [0.05, 0.1) is 8.56 Å². The maximum absolute atomic E-state index is 12.0. The molecule has 0 aromatic carbocycles. The number of hydrogen-bond acceptors (Lipinski definition) is 4. The van der Waals surface area contributed by atoms with Crippen molar-refractivity contribution in [2.45, 2.75) is 91.0 Å². The molecule has 0 aliphatic heterocycles. The van der Waals surface area contributed by atoms with Gasteiger partial charge < -0.3 is 17.3 Å². The molecule has 0 aromatic heterocycles. The summed E-state index contributed by atoms with van der Waals surface area (Å²) in [7, 11) is -9.45. The Morgan fingerprint density at radius 1 is 0.708 bits per heavy atom. The third-order valence-electron chi connectivity index (χ3n) is 3.79. The molecule has 0 heterocycles. The second-order valence-corrected chi connectivity index (χ2v) is 31.8. The fourth-order valence-corrected chi connectivity index (χ4v) is 25.4. The van der Waals surface area contributed by atoms with Crippen molar-refractivity contribution in [2.75, 3.05) is 6.54 Å². The van der Waals surface area contributed by atoms with Gasteiger partial charge in [-0.3, -0.25) is 0 Å². The fraction of sp³-hybridized carbons (Fsp3) is 1.00. The highest BCUT2D eigenvalue weighted by Gasteiger charge is 2.37. The van der Waals surface area contributed by atoms with Crippen molar-refractivity contribution in [1.29, 1.82) is 0 Å². The first-order chi connectivity index (χ1) is 10.3. The quantitative estimate of drug-likeness (QED) is 0.489. The predicted octanol–water partition coefficient (Wildman–Crippen LogP) is 4.35. The zero-order valence-corrected chi connectivity index (χ0v) is 23.3. The number of nitrogens with zero attached hydrogens (tertiary/aromatic N) is 1. The molecule has 0 saturated heterocycles. The van der Waals surface area contributed by atoms with Crippen molar-refractivity contribution >= 4 is 41.9 Å². The Balaban J connectivity index is 4.73. The summed E-state index contributed by atoms with van der Waals surface area (Å²) in [5.74, 6) is 0. The number of rotatable bonds is 10. The smallest absolute Gasteiger partial charge is 0.310 e. The lowest BCUT2D eigenvalue weighted by Gasteiger charge is -2.44. The SMILES string of the molecule is C[Si](C)([O-])O[Si](C)(C)O[Si](C)(C)CCCN([Si](C)(C)C)[Si](C)(C)C. The molecular formula is C15H42NO3Si5-. The van der Waals surface area contributed by atoms with Gasteiger partial charge in [-0.05, 0) is 45.2 Å². The van der Waals surface area contributed by atoms with Crippen molar-refractivity contribution in [3.63, 3.8) is 0 Å². The summed E-state index contributed by atoms with van der Waals surface area (Å²) in [6.45, 7) is 27.9. The number of hydrogen-bond donors (Lipinski definition) is 0. The third kappa shape index (κ3) is 10.8. The molecule has 0 radical (unpaired) electrons. The van der Waals surface area contributed by atoms with Crippen LogP contribution in [0, 0.1) is 0 Å². The minimum absolute atomic E-state index is 1.14. The molecule has 0 N–H and O–H groups in total. The lowest BCUT2D eigenvalue weighted by Crippen LogP contribution is -2.59. The average Bonchev–Trinajstić information content (AvgIpc) is 2.14. The summed E-state index contributed by atoms with van der Waals surface area (Å²) in [6, 6.07) is 1.14. The Morgan fingerprint density at radius 2 is 1.12 bits per heavy atom. The second kappa shape index (κ2) is 8.30. The van der Waals surface area contributed by atoms with E-state index in [0.29, 0.717) is 0 Å². The monoisotopic (exact) mass is 424 g/mol. The van der Waals surface area contributed by atoms with Crippen LogP contribution < -0.4 is 4.80 Å². The van der Waals surface area contributed by atoms with E-state index in [-0.39, 0.29) is 0 Å². The van der Waals surface area contributed by atoms with Gasteiger partial charge in [0.1, 0.15) is 16.5 Å². The van der Waals surface area contributed by atoms with Crippen LogP contribution in [0.25, 0.3) is 0 Å². The maximum Gasteiger partial charge on any atom is 0.310 e. The molecule has 0 amide bonds. The van der Waals surface area contributed by atoms with E-state index in [0.717, 1.165) is 6.04 Å². The minimum Gasteiger partial charge on any atom is -0.839 e. The van der Waals surface area contributed by atoms with E-state index in [1.165, 1.54) is 13.0 Å². The topological polar surface area (TPSA) is 44.8 Å². The molecule has 0 aromatic rings. The van der Waals surface area contributed by atoms with E-state index in [1.54, 1.807) is 13.1 Å². The normalized spacial score (nSPS) is 15.2. The second-order valence-electron chi connectivity index (χ2n) is 10.4. The van der Waals surface area contributed by atoms with E-state index < -0.39 is 41.9 Å². The Morgan fingerprint density at radius 3 is 1.46 bits per heavy atom.